The van der Waals surface area contributed by atoms with Crippen LogP contribution in [0.1, 0.15) is 18.5 Å². The smallest absolute Gasteiger partial charge is 0.219 e. The van der Waals surface area contributed by atoms with Crippen LogP contribution in [0.3, 0.4) is 0 Å². The van der Waals surface area contributed by atoms with E-state index in [1.165, 1.54) is 0 Å². The van der Waals surface area contributed by atoms with Crippen LogP contribution in [0.15, 0.2) is 36.5 Å². The Balaban J connectivity index is 2.12. The number of nitrogens with zero attached hydrogens (tertiary/aromatic N) is 1. The van der Waals surface area contributed by atoms with E-state index in [1.54, 1.807) is 24.4 Å². The van der Waals surface area contributed by atoms with Gasteiger partial charge < -0.3 is 10.1 Å². The van der Waals surface area contributed by atoms with Crippen molar-refractivity contribution in [3.05, 3.63) is 52.1 Å². The third-order valence-corrected chi connectivity index (χ3v) is 3.54. The van der Waals surface area contributed by atoms with Crippen LogP contribution in [-0.4, -0.2) is 12.0 Å². The first-order chi connectivity index (χ1) is 9.10. The average Bonchev–Trinajstić information content (AvgIpc) is 2.43. The first-order valence-electron chi connectivity index (χ1n) is 5.86. The largest absolute Gasteiger partial charge is 0.439 e. The van der Waals surface area contributed by atoms with Gasteiger partial charge in [0.2, 0.25) is 5.88 Å². The van der Waals surface area contributed by atoms with E-state index < -0.39 is 0 Å². The summed E-state index contributed by atoms with van der Waals surface area (Å²) in [5, 5.41) is 4.11. The highest BCUT2D eigenvalue weighted by Gasteiger charge is 2.05. The Morgan fingerprint density at radius 2 is 1.95 bits per heavy atom. The van der Waals surface area contributed by atoms with E-state index in [2.05, 4.69) is 17.2 Å². The Bertz CT molecular complexity index is 558. The van der Waals surface area contributed by atoms with Crippen molar-refractivity contribution in [2.45, 2.75) is 13.0 Å². The normalized spacial score (nSPS) is 12.2. The molecule has 19 heavy (non-hydrogen) atoms. The fraction of sp³-hybridized carbons (Fsp3) is 0.214. The van der Waals surface area contributed by atoms with E-state index in [-0.39, 0.29) is 6.04 Å². The quantitative estimate of drug-likeness (QED) is 0.904. The Labute approximate surface area is 122 Å². The predicted octanol–water partition coefficient (Wildman–Crippen LogP) is 4.46. The summed E-state index contributed by atoms with van der Waals surface area (Å²) in [5.74, 6) is 1.13. The SMILES string of the molecule is CNC(C)c1ccc(Oc2ccc(Cl)c(Cl)c2)nc1. The van der Waals surface area contributed by atoms with E-state index in [0.717, 1.165) is 5.56 Å². The van der Waals surface area contributed by atoms with Gasteiger partial charge in [-0.1, -0.05) is 29.3 Å². The summed E-state index contributed by atoms with van der Waals surface area (Å²) < 4.78 is 5.61. The topological polar surface area (TPSA) is 34.1 Å². The third-order valence-electron chi connectivity index (χ3n) is 2.81. The molecule has 5 heteroatoms. The molecule has 3 nitrogen and oxygen atoms in total. The summed E-state index contributed by atoms with van der Waals surface area (Å²) in [4.78, 5) is 4.26. The van der Waals surface area contributed by atoms with Gasteiger partial charge in [0.25, 0.3) is 0 Å². The van der Waals surface area contributed by atoms with Gasteiger partial charge in [-0.2, -0.15) is 0 Å². The number of halogens is 2. The van der Waals surface area contributed by atoms with Crippen LogP contribution in [-0.2, 0) is 0 Å². The lowest BCUT2D eigenvalue weighted by molar-refractivity contribution is 0.462. The second-order valence-electron chi connectivity index (χ2n) is 4.12. The Hall–Kier alpha value is -1.29. The molecule has 0 bridgehead atoms. The predicted molar refractivity (Wildman–Crippen MR) is 78.2 cm³/mol. The van der Waals surface area contributed by atoms with Crippen LogP contribution in [0.2, 0.25) is 10.0 Å². The third kappa shape index (κ3) is 3.60. The minimum absolute atomic E-state index is 0.256. The van der Waals surface area contributed by atoms with Crippen molar-refractivity contribution in [3.63, 3.8) is 0 Å². The maximum atomic E-state index is 5.93. The second kappa shape index (κ2) is 6.24. The van der Waals surface area contributed by atoms with Gasteiger partial charge >= 0.3 is 0 Å². The van der Waals surface area contributed by atoms with Gasteiger partial charge in [-0.05, 0) is 31.7 Å². The molecule has 1 heterocycles. The lowest BCUT2D eigenvalue weighted by Crippen LogP contribution is -2.12. The molecule has 2 rings (SSSR count). The molecule has 1 atom stereocenters. The Morgan fingerprint density at radius 3 is 2.53 bits per heavy atom. The minimum atomic E-state index is 0.256. The highest BCUT2D eigenvalue weighted by molar-refractivity contribution is 6.42. The van der Waals surface area contributed by atoms with Crippen LogP contribution in [0.4, 0.5) is 0 Å². The fourth-order valence-electron chi connectivity index (χ4n) is 1.54. The van der Waals surface area contributed by atoms with E-state index in [4.69, 9.17) is 27.9 Å². The van der Waals surface area contributed by atoms with E-state index >= 15 is 0 Å². The van der Waals surface area contributed by atoms with Crippen molar-refractivity contribution in [2.24, 2.45) is 0 Å². The first-order valence-corrected chi connectivity index (χ1v) is 6.62. The van der Waals surface area contributed by atoms with Gasteiger partial charge in [-0.3, -0.25) is 0 Å². The maximum Gasteiger partial charge on any atom is 0.219 e. The molecule has 0 fully saturated rings. The number of rotatable bonds is 4. The standard InChI is InChI=1S/C14H14Cl2N2O/c1-9(17-2)10-3-6-14(18-8-10)19-11-4-5-12(15)13(16)7-11/h3-9,17H,1-2H3. The van der Waals surface area contributed by atoms with Crippen LogP contribution < -0.4 is 10.1 Å². The monoisotopic (exact) mass is 296 g/mol. The molecule has 0 radical (unpaired) electrons. The van der Waals surface area contributed by atoms with Gasteiger partial charge in [0.05, 0.1) is 10.0 Å². The lowest BCUT2D eigenvalue weighted by Gasteiger charge is -2.11. The molecule has 1 aromatic carbocycles. The highest BCUT2D eigenvalue weighted by atomic mass is 35.5. The first kappa shape index (κ1) is 14.1. The number of ether oxygens (including phenoxy) is 1. The second-order valence-corrected chi connectivity index (χ2v) is 4.93. The zero-order valence-electron chi connectivity index (χ0n) is 10.7. The summed E-state index contributed by atoms with van der Waals surface area (Å²) in [6.07, 6.45) is 1.79. The highest BCUT2D eigenvalue weighted by Crippen LogP contribution is 2.28. The number of hydrogen-bond donors (Lipinski definition) is 1. The minimum Gasteiger partial charge on any atom is -0.439 e. The van der Waals surface area contributed by atoms with Gasteiger partial charge in [-0.25, -0.2) is 4.98 Å². The maximum absolute atomic E-state index is 5.93. The molecular formula is C14H14Cl2N2O. The van der Waals surface area contributed by atoms with E-state index in [9.17, 15) is 0 Å². The zero-order valence-corrected chi connectivity index (χ0v) is 12.2. The van der Waals surface area contributed by atoms with Crippen molar-refractivity contribution in [2.75, 3.05) is 7.05 Å². The number of benzene rings is 1. The molecule has 0 saturated carbocycles. The van der Waals surface area contributed by atoms with E-state index in [1.807, 2.05) is 19.2 Å². The number of aromatic nitrogens is 1. The van der Waals surface area contributed by atoms with Crippen molar-refractivity contribution in [1.82, 2.24) is 10.3 Å². The van der Waals surface area contributed by atoms with Crippen LogP contribution in [0.5, 0.6) is 11.6 Å². The molecule has 100 valence electrons. The van der Waals surface area contributed by atoms with Gasteiger partial charge in [0.1, 0.15) is 5.75 Å². The fourth-order valence-corrected chi connectivity index (χ4v) is 1.82. The molecule has 1 unspecified atom stereocenters. The van der Waals surface area contributed by atoms with Gasteiger partial charge in [0, 0.05) is 24.4 Å². The van der Waals surface area contributed by atoms with Crippen molar-refractivity contribution in [1.29, 1.82) is 0 Å². The summed E-state index contributed by atoms with van der Waals surface area (Å²) in [5.41, 5.74) is 1.10. The molecule has 0 aliphatic carbocycles. The summed E-state index contributed by atoms with van der Waals surface area (Å²) in [7, 11) is 1.91. The van der Waals surface area contributed by atoms with Crippen LogP contribution >= 0.6 is 23.2 Å². The molecular weight excluding hydrogens is 283 g/mol. The molecule has 1 aromatic heterocycles. The van der Waals surface area contributed by atoms with E-state index in [0.29, 0.717) is 21.7 Å². The zero-order chi connectivity index (χ0) is 13.8. The average molecular weight is 297 g/mol. The van der Waals surface area contributed by atoms with Crippen molar-refractivity contribution >= 4 is 23.2 Å². The summed E-state index contributed by atoms with van der Waals surface area (Å²) in [6, 6.07) is 9.16. The summed E-state index contributed by atoms with van der Waals surface area (Å²) in [6.45, 7) is 2.07. The Kier molecular flexibility index (Phi) is 4.64. The number of pyridine rings is 1. The van der Waals surface area contributed by atoms with Gasteiger partial charge in [0.15, 0.2) is 0 Å². The molecule has 0 spiro atoms. The molecule has 0 aliphatic heterocycles. The Morgan fingerprint density at radius 1 is 1.16 bits per heavy atom. The molecule has 0 amide bonds. The molecule has 0 aliphatic rings. The summed E-state index contributed by atoms with van der Waals surface area (Å²) >= 11 is 11.8. The van der Waals surface area contributed by atoms with Gasteiger partial charge in [-0.15, -0.1) is 0 Å². The van der Waals surface area contributed by atoms with Crippen LogP contribution in [0, 0.1) is 0 Å². The van der Waals surface area contributed by atoms with Crippen molar-refractivity contribution in [3.8, 4) is 11.6 Å². The van der Waals surface area contributed by atoms with Crippen LogP contribution in [0.25, 0.3) is 0 Å². The number of hydrogen-bond acceptors (Lipinski definition) is 3. The lowest BCUT2D eigenvalue weighted by atomic mass is 10.1. The number of nitrogens with one attached hydrogen (secondary N) is 1. The van der Waals surface area contributed by atoms with Crippen molar-refractivity contribution < 1.29 is 4.74 Å². The molecule has 0 saturated heterocycles. The molecule has 2 aromatic rings. The molecule has 1 N–H and O–H groups in total.